The molecule has 10 heteroatoms. The summed E-state index contributed by atoms with van der Waals surface area (Å²) in [6.07, 6.45) is -2.28. The maximum atomic E-state index is 13.2. The van der Waals surface area contributed by atoms with Crippen LogP contribution in [0.15, 0.2) is 24.3 Å². The van der Waals surface area contributed by atoms with Gasteiger partial charge in [-0.3, -0.25) is 19.3 Å². The number of alkyl halides is 3. The molecule has 7 nitrogen and oxygen atoms in total. The molecule has 194 valence electrons. The van der Waals surface area contributed by atoms with Gasteiger partial charge in [0.15, 0.2) is 0 Å². The Morgan fingerprint density at radius 1 is 1.14 bits per heavy atom. The molecule has 4 unspecified atom stereocenters. The Morgan fingerprint density at radius 2 is 1.83 bits per heavy atom. The van der Waals surface area contributed by atoms with Gasteiger partial charge in [-0.05, 0) is 71.7 Å². The largest absolute Gasteiger partial charge is 0.469 e. The number of hydrogen-bond donors (Lipinski definition) is 1. The first-order valence-electron chi connectivity index (χ1n) is 11.8. The summed E-state index contributed by atoms with van der Waals surface area (Å²) >= 11 is 0. The second kappa shape index (κ2) is 10.2. The third kappa shape index (κ3) is 5.97. The van der Waals surface area contributed by atoms with Gasteiger partial charge < -0.3 is 15.0 Å². The van der Waals surface area contributed by atoms with Gasteiger partial charge in [0.25, 0.3) is 5.91 Å². The highest BCUT2D eigenvalue weighted by atomic mass is 19.4. The van der Waals surface area contributed by atoms with E-state index in [-0.39, 0.29) is 35.1 Å². The number of likely N-dealkylation sites (tertiary alicyclic amines) is 1. The minimum absolute atomic E-state index is 0.0829. The number of nitrogens with one attached hydrogen (secondary N) is 1. The average molecular weight is 498 g/mol. The number of benzene rings is 1. The molecule has 1 saturated heterocycles. The molecule has 4 atom stereocenters. The summed E-state index contributed by atoms with van der Waals surface area (Å²) in [5, 5.41) is 2.58. The molecule has 0 aromatic heterocycles. The van der Waals surface area contributed by atoms with E-state index in [9.17, 15) is 27.6 Å². The fourth-order valence-corrected chi connectivity index (χ4v) is 5.05. The van der Waals surface area contributed by atoms with Crippen molar-refractivity contribution >= 4 is 17.8 Å². The molecule has 2 aliphatic rings. The van der Waals surface area contributed by atoms with E-state index in [2.05, 4.69) is 31.0 Å². The van der Waals surface area contributed by atoms with Gasteiger partial charge in [0.2, 0.25) is 5.91 Å². The van der Waals surface area contributed by atoms with Crippen molar-refractivity contribution < 1.29 is 32.3 Å². The SMILES string of the molecule is COC(=O)C1CC(N(C)C(C)(C)C)CCC1N1CCC(NC(=O)c2cccc(C(F)(F)F)c2)C1=O. The van der Waals surface area contributed by atoms with E-state index in [1.807, 2.05) is 7.05 Å². The zero-order valence-electron chi connectivity index (χ0n) is 20.8. The highest BCUT2D eigenvalue weighted by molar-refractivity contribution is 5.98. The Balaban J connectivity index is 1.71. The van der Waals surface area contributed by atoms with Crippen molar-refractivity contribution in [1.29, 1.82) is 0 Å². The van der Waals surface area contributed by atoms with Crippen molar-refractivity contribution in [3.05, 3.63) is 35.4 Å². The highest BCUT2D eigenvalue weighted by Gasteiger charge is 2.46. The van der Waals surface area contributed by atoms with Crippen LogP contribution in [-0.2, 0) is 20.5 Å². The van der Waals surface area contributed by atoms with Gasteiger partial charge in [0.1, 0.15) is 6.04 Å². The molecule has 1 aliphatic heterocycles. The monoisotopic (exact) mass is 497 g/mol. The smallest absolute Gasteiger partial charge is 0.416 e. The minimum Gasteiger partial charge on any atom is -0.469 e. The zero-order chi connectivity index (χ0) is 26.1. The summed E-state index contributed by atoms with van der Waals surface area (Å²) in [5.74, 6) is -1.93. The predicted octanol–water partition coefficient (Wildman–Crippen LogP) is 3.48. The van der Waals surface area contributed by atoms with E-state index < -0.39 is 29.6 Å². The van der Waals surface area contributed by atoms with Crippen molar-refractivity contribution in [3.63, 3.8) is 0 Å². The third-order valence-electron chi connectivity index (χ3n) is 7.29. The van der Waals surface area contributed by atoms with Crippen molar-refractivity contribution in [2.24, 2.45) is 5.92 Å². The Bertz CT molecular complexity index is 960. The summed E-state index contributed by atoms with van der Waals surface area (Å²) in [6.45, 7) is 6.67. The van der Waals surface area contributed by atoms with Crippen LogP contribution in [0.5, 0.6) is 0 Å². The molecule has 35 heavy (non-hydrogen) atoms. The van der Waals surface area contributed by atoms with Crippen LogP contribution >= 0.6 is 0 Å². The third-order valence-corrected chi connectivity index (χ3v) is 7.29. The van der Waals surface area contributed by atoms with E-state index >= 15 is 0 Å². The van der Waals surface area contributed by atoms with Crippen molar-refractivity contribution in [2.75, 3.05) is 20.7 Å². The van der Waals surface area contributed by atoms with Gasteiger partial charge >= 0.3 is 12.1 Å². The lowest BCUT2D eigenvalue weighted by atomic mass is 9.79. The number of nitrogens with zero attached hydrogens (tertiary/aromatic N) is 2. The minimum atomic E-state index is -4.57. The van der Waals surface area contributed by atoms with Gasteiger partial charge in [-0.1, -0.05) is 6.07 Å². The zero-order valence-corrected chi connectivity index (χ0v) is 20.8. The topological polar surface area (TPSA) is 79.0 Å². The van der Waals surface area contributed by atoms with Crippen LogP contribution < -0.4 is 5.32 Å². The van der Waals surface area contributed by atoms with E-state index in [0.717, 1.165) is 24.6 Å². The summed E-state index contributed by atoms with van der Waals surface area (Å²) in [4.78, 5) is 42.4. The first kappa shape index (κ1) is 27.0. The van der Waals surface area contributed by atoms with Crippen molar-refractivity contribution in [3.8, 4) is 0 Å². The molecule has 1 N–H and O–H groups in total. The molecule has 0 spiro atoms. The van der Waals surface area contributed by atoms with Gasteiger partial charge in [-0.2, -0.15) is 13.2 Å². The molecular formula is C25H34F3N3O4. The van der Waals surface area contributed by atoms with Crippen LogP contribution in [0, 0.1) is 5.92 Å². The quantitative estimate of drug-likeness (QED) is 0.631. The molecule has 2 fully saturated rings. The standard InChI is InChI=1S/C25H34F3N3O4/c1-24(2,3)30(4)17-9-10-20(18(14-17)23(34)35-5)31-12-11-19(22(31)33)29-21(32)15-7-6-8-16(13-15)25(26,27)28/h6-8,13,17-20H,9-12,14H2,1-5H3,(H,29,32). The van der Waals surface area contributed by atoms with E-state index in [4.69, 9.17) is 4.74 Å². The number of rotatable bonds is 5. The lowest BCUT2D eigenvalue weighted by Crippen LogP contribution is -2.55. The number of esters is 1. The summed E-state index contributed by atoms with van der Waals surface area (Å²) in [6, 6.07) is 3.05. The van der Waals surface area contributed by atoms with E-state index in [1.54, 1.807) is 4.90 Å². The normalized spacial score (nSPS) is 25.6. The Hall–Kier alpha value is -2.62. The first-order valence-corrected chi connectivity index (χ1v) is 11.8. The van der Waals surface area contributed by atoms with Crippen molar-refractivity contribution in [1.82, 2.24) is 15.1 Å². The fourth-order valence-electron chi connectivity index (χ4n) is 5.05. The summed E-state index contributed by atoms with van der Waals surface area (Å²) < 4.78 is 44.0. The second-order valence-electron chi connectivity index (χ2n) is 10.4. The lowest BCUT2D eigenvalue weighted by Gasteiger charge is -2.46. The molecule has 1 saturated carbocycles. The Morgan fingerprint density at radius 3 is 2.43 bits per heavy atom. The van der Waals surface area contributed by atoms with E-state index in [0.29, 0.717) is 25.8 Å². The Kier molecular flexibility index (Phi) is 7.83. The molecule has 3 rings (SSSR count). The van der Waals surface area contributed by atoms with Crippen LogP contribution in [-0.4, -0.2) is 72.0 Å². The van der Waals surface area contributed by atoms with E-state index in [1.165, 1.54) is 13.2 Å². The van der Waals surface area contributed by atoms with Gasteiger partial charge in [-0.25, -0.2) is 0 Å². The number of methoxy groups -OCH3 is 1. The molecule has 1 aromatic carbocycles. The van der Waals surface area contributed by atoms with Crippen molar-refractivity contribution in [2.45, 2.75) is 76.3 Å². The Labute approximate surface area is 204 Å². The molecule has 0 bridgehead atoms. The maximum absolute atomic E-state index is 13.2. The highest BCUT2D eigenvalue weighted by Crippen LogP contribution is 2.36. The number of hydrogen-bond acceptors (Lipinski definition) is 5. The molecule has 2 amide bonds. The second-order valence-corrected chi connectivity index (χ2v) is 10.4. The van der Waals surface area contributed by atoms with Crippen LogP contribution in [0.3, 0.4) is 0 Å². The lowest BCUT2D eigenvalue weighted by molar-refractivity contribution is -0.152. The number of ether oxygens (including phenoxy) is 1. The number of carbonyl (C=O) groups is 3. The van der Waals surface area contributed by atoms with Crippen LogP contribution in [0.2, 0.25) is 0 Å². The first-order chi connectivity index (χ1) is 16.2. The summed E-state index contributed by atoms with van der Waals surface area (Å²) in [5.41, 5.74) is -1.17. The van der Waals surface area contributed by atoms with Crippen LogP contribution in [0.4, 0.5) is 13.2 Å². The van der Waals surface area contributed by atoms with Gasteiger partial charge in [-0.15, -0.1) is 0 Å². The predicted molar refractivity (Wildman–Crippen MR) is 123 cm³/mol. The van der Waals surface area contributed by atoms with Crippen LogP contribution in [0.1, 0.15) is 62.4 Å². The molecule has 0 radical (unpaired) electrons. The van der Waals surface area contributed by atoms with Gasteiger partial charge in [0.05, 0.1) is 18.6 Å². The summed E-state index contributed by atoms with van der Waals surface area (Å²) in [7, 11) is 3.36. The number of amides is 2. The maximum Gasteiger partial charge on any atom is 0.416 e. The number of halogens is 3. The molecular weight excluding hydrogens is 463 g/mol. The fraction of sp³-hybridized carbons (Fsp3) is 0.640. The molecule has 1 aromatic rings. The van der Waals surface area contributed by atoms with Gasteiger partial charge in [0, 0.05) is 29.7 Å². The van der Waals surface area contributed by atoms with Crippen LogP contribution in [0.25, 0.3) is 0 Å². The number of carbonyl (C=O) groups excluding carboxylic acids is 3. The molecule has 1 heterocycles. The molecule has 1 aliphatic carbocycles. The average Bonchev–Trinajstić information content (AvgIpc) is 3.16.